The number of carboxylic acids is 1. The summed E-state index contributed by atoms with van der Waals surface area (Å²) in [6.45, 7) is 2.35. The van der Waals surface area contributed by atoms with Crippen LogP contribution in [0.15, 0.2) is 53.0 Å². The van der Waals surface area contributed by atoms with E-state index in [2.05, 4.69) is 4.90 Å². The van der Waals surface area contributed by atoms with Crippen LogP contribution in [0.4, 0.5) is 14.9 Å². The standard InChI is InChI=1S/C30H34ClFN4O4/c31-25-16-21(8-11-26(25)32)27(33)22(17-34-23-4-2-1-3-5-23)18-35-14-12-30(13-15-35)19-36(29(39)40-30)24-9-6-20(7-10-24)28(37)38/h6-11,16-17,23H,1-5,12-15,18-19,33H2,(H,37,38). The van der Waals surface area contributed by atoms with Crippen molar-refractivity contribution in [1.29, 1.82) is 0 Å². The third-order valence-electron chi connectivity index (χ3n) is 8.15. The number of carboxylic acid groups (broad SMARTS) is 1. The van der Waals surface area contributed by atoms with E-state index in [0.29, 0.717) is 56.0 Å². The highest BCUT2D eigenvalue weighted by molar-refractivity contribution is 6.30. The molecule has 8 nitrogen and oxygen atoms in total. The second-order valence-corrected chi connectivity index (χ2v) is 11.3. The Morgan fingerprint density at radius 2 is 1.80 bits per heavy atom. The van der Waals surface area contributed by atoms with Crippen molar-refractivity contribution in [3.63, 3.8) is 0 Å². The minimum Gasteiger partial charge on any atom is -0.478 e. The number of hydrogen-bond donors (Lipinski definition) is 2. The van der Waals surface area contributed by atoms with Gasteiger partial charge in [0.05, 0.1) is 17.1 Å². The van der Waals surface area contributed by atoms with Crippen LogP contribution in [0.25, 0.3) is 5.70 Å². The van der Waals surface area contributed by atoms with Gasteiger partial charge in [-0.25, -0.2) is 14.0 Å². The number of anilines is 1. The molecule has 0 bridgehead atoms. The van der Waals surface area contributed by atoms with Crippen LogP contribution < -0.4 is 10.6 Å². The molecule has 2 aromatic carbocycles. The van der Waals surface area contributed by atoms with Gasteiger partial charge in [0.25, 0.3) is 0 Å². The molecule has 0 radical (unpaired) electrons. The Kier molecular flexibility index (Phi) is 8.42. The predicted molar refractivity (Wildman–Crippen MR) is 154 cm³/mol. The number of ether oxygens (including phenoxy) is 1. The summed E-state index contributed by atoms with van der Waals surface area (Å²) in [5, 5.41) is 9.17. The third kappa shape index (κ3) is 6.31. The molecule has 1 aliphatic carbocycles. The van der Waals surface area contributed by atoms with Gasteiger partial charge in [-0.15, -0.1) is 0 Å². The van der Waals surface area contributed by atoms with Gasteiger partial charge in [-0.1, -0.05) is 30.9 Å². The highest BCUT2D eigenvalue weighted by atomic mass is 35.5. The number of nitrogens with zero attached hydrogens (tertiary/aromatic N) is 3. The molecule has 2 saturated heterocycles. The van der Waals surface area contributed by atoms with Gasteiger partial charge < -0.3 is 15.6 Å². The lowest BCUT2D eigenvalue weighted by Gasteiger charge is -2.37. The Balaban J connectivity index is 1.28. The lowest BCUT2D eigenvalue weighted by atomic mass is 9.90. The molecule has 0 aromatic heterocycles. The first-order valence-electron chi connectivity index (χ1n) is 13.8. The van der Waals surface area contributed by atoms with Crippen LogP contribution in [-0.2, 0) is 4.74 Å². The number of halogens is 2. The largest absolute Gasteiger partial charge is 0.478 e. The fourth-order valence-corrected chi connectivity index (χ4v) is 5.88. The average Bonchev–Trinajstić information content (AvgIpc) is 3.29. The number of benzene rings is 2. The summed E-state index contributed by atoms with van der Waals surface area (Å²) >= 11 is 6.04. The highest BCUT2D eigenvalue weighted by Crippen LogP contribution is 2.36. The molecule has 5 rings (SSSR count). The molecule has 2 aliphatic heterocycles. The summed E-state index contributed by atoms with van der Waals surface area (Å²) in [6, 6.07) is 11.0. The predicted octanol–water partition coefficient (Wildman–Crippen LogP) is 5.74. The van der Waals surface area contributed by atoms with Gasteiger partial charge in [0, 0.05) is 61.7 Å². The molecule has 10 heteroatoms. The number of hydrogen-bond acceptors (Lipinski definition) is 6. The van der Waals surface area contributed by atoms with Gasteiger partial charge >= 0.3 is 12.1 Å². The first-order chi connectivity index (χ1) is 19.2. The van der Waals surface area contributed by atoms with Gasteiger partial charge in [0.1, 0.15) is 11.4 Å². The molecule has 0 unspecified atom stereocenters. The highest BCUT2D eigenvalue weighted by Gasteiger charge is 2.47. The smallest absolute Gasteiger partial charge is 0.415 e. The van der Waals surface area contributed by atoms with Crippen molar-refractivity contribution < 1.29 is 23.8 Å². The Morgan fingerprint density at radius 1 is 1.12 bits per heavy atom. The fourth-order valence-electron chi connectivity index (χ4n) is 5.70. The zero-order valence-electron chi connectivity index (χ0n) is 22.3. The second-order valence-electron chi connectivity index (χ2n) is 10.9. The van der Waals surface area contributed by atoms with E-state index in [1.807, 2.05) is 6.21 Å². The molecule has 1 spiro atoms. The summed E-state index contributed by atoms with van der Waals surface area (Å²) < 4.78 is 19.7. The van der Waals surface area contributed by atoms with Gasteiger partial charge in [-0.2, -0.15) is 0 Å². The van der Waals surface area contributed by atoms with E-state index in [4.69, 9.17) is 32.2 Å². The second kappa shape index (κ2) is 12.0. The molecular weight excluding hydrogens is 535 g/mol. The van der Waals surface area contributed by atoms with Crippen LogP contribution in [0.3, 0.4) is 0 Å². The Labute approximate surface area is 238 Å². The van der Waals surface area contributed by atoms with E-state index in [1.54, 1.807) is 29.2 Å². The summed E-state index contributed by atoms with van der Waals surface area (Å²) in [7, 11) is 0. The van der Waals surface area contributed by atoms with Crippen LogP contribution in [0.2, 0.25) is 5.02 Å². The quantitative estimate of drug-likeness (QED) is 0.412. The molecule has 1 saturated carbocycles. The molecular formula is C30H34ClFN4O4. The summed E-state index contributed by atoms with van der Waals surface area (Å²) in [5.74, 6) is -1.50. The maximum absolute atomic E-state index is 13.8. The molecule has 1 amide bonds. The van der Waals surface area contributed by atoms with Crippen molar-refractivity contribution >= 4 is 41.3 Å². The third-order valence-corrected chi connectivity index (χ3v) is 8.44. The number of carbonyl (C=O) groups is 2. The van der Waals surface area contributed by atoms with E-state index in [-0.39, 0.29) is 16.6 Å². The average molecular weight is 569 g/mol. The number of carbonyl (C=O) groups excluding carboxylic acids is 1. The number of piperidine rings is 1. The molecule has 2 aromatic rings. The molecule has 212 valence electrons. The van der Waals surface area contributed by atoms with E-state index in [1.165, 1.54) is 37.5 Å². The topological polar surface area (TPSA) is 108 Å². The molecule has 40 heavy (non-hydrogen) atoms. The maximum atomic E-state index is 13.8. The molecule has 3 N–H and O–H groups in total. The van der Waals surface area contributed by atoms with E-state index < -0.39 is 23.5 Å². The minimum absolute atomic E-state index is 0.0223. The lowest BCUT2D eigenvalue weighted by Crippen LogP contribution is -2.47. The van der Waals surface area contributed by atoms with E-state index >= 15 is 0 Å². The van der Waals surface area contributed by atoms with Crippen LogP contribution in [-0.4, -0.2) is 66.1 Å². The van der Waals surface area contributed by atoms with E-state index in [0.717, 1.165) is 18.4 Å². The van der Waals surface area contributed by atoms with Crippen molar-refractivity contribution in [2.75, 3.05) is 31.1 Å². The Morgan fingerprint density at radius 3 is 2.45 bits per heavy atom. The first kappa shape index (κ1) is 28.1. The van der Waals surface area contributed by atoms with Crippen LogP contribution >= 0.6 is 11.6 Å². The number of likely N-dealkylation sites (tertiary alicyclic amines) is 1. The molecule has 3 fully saturated rings. The molecule has 0 atom stereocenters. The number of aromatic carboxylic acids is 1. The van der Waals surface area contributed by atoms with Crippen LogP contribution in [0.1, 0.15) is 60.9 Å². The summed E-state index contributed by atoms with van der Waals surface area (Å²) in [4.78, 5) is 32.6. The van der Waals surface area contributed by atoms with Crippen molar-refractivity contribution in [2.24, 2.45) is 10.7 Å². The monoisotopic (exact) mass is 568 g/mol. The molecule has 3 aliphatic rings. The normalized spacial score (nSPS) is 20.6. The first-order valence-corrected chi connectivity index (χ1v) is 14.1. The number of nitrogens with two attached hydrogens (primary N) is 1. The number of aliphatic imine (C=N–C) groups is 1. The number of amides is 1. The number of rotatable bonds is 7. The van der Waals surface area contributed by atoms with Gasteiger partial charge in [-0.3, -0.25) is 14.8 Å². The fraction of sp³-hybridized carbons (Fsp3) is 0.433. The Hall–Kier alpha value is -3.43. The van der Waals surface area contributed by atoms with Gasteiger partial charge in [-0.05, 0) is 60.9 Å². The van der Waals surface area contributed by atoms with Crippen molar-refractivity contribution in [2.45, 2.75) is 56.6 Å². The molecule has 2 heterocycles. The summed E-state index contributed by atoms with van der Waals surface area (Å²) in [6.07, 6.45) is 8.50. The SMILES string of the molecule is NC(=C(C=NC1CCCCC1)CN1CCC2(CC1)CN(c1ccc(C(=O)O)cc1)C(=O)O2)c1ccc(F)c(Cl)c1. The van der Waals surface area contributed by atoms with Crippen molar-refractivity contribution in [1.82, 2.24) is 4.90 Å². The Bertz CT molecular complexity index is 1320. The van der Waals surface area contributed by atoms with Gasteiger partial charge in [0.2, 0.25) is 0 Å². The maximum Gasteiger partial charge on any atom is 0.415 e. The van der Waals surface area contributed by atoms with E-state index in [9.17, 15) is 14.0 Å². The van der Waals surface area contributed by atoms with Crippen LogP contribution in [0, 0.1) is 5.82 Å². The zero-order chi connectivity index (χ0) is 28.3. The van der Waals surface area contributed by atoms with Crippen LogP contribution in [0.5, 0.6) is 0 Å². The summed E-state index contributed by atoms with van der Waals surface area (Å²) in [5.41, 5.74) is 8.81. The van der Waals surface area contributed by atoms with Gasteiger partial charge in [0.15, 0.2) is 0 Å². The van der Waals surface area contributed by atoms with Crippen molar-refractivity contribution in [3.8, 4) is 0 Å². The van der Waals surface area contributed by atoms with Crippen molar-refractivity contribution in [3.05, 3.63) is 70.0 Å². The minimum atomic E-state index is -1.01. The zero-order valence-corrected chi connectivity index (χ0v) is 23.1. The lowest BCUT2D eigenvalue weighted by molar-refractivity contribution is 0.00334.